The maximum absolute atomic E-state index is 12.7. The van der Waals surface area contributed by atoms with Crippen LogP contribution >= 0.6 is 0 Å². The summed E-state index contributed by atoms with van der Waals surface area (Å²) < 4.78 is 2.15. The largest absolute Gasteiger partial charge is 0.306 e. The van der Waals surface area contributed by atoms with Crippen molar-refractivity contribution in [2.24, 2.45) is 0 Å². The Balaban J connectivity index is 1.44. The quantitative estimate of drug-likeness (QED) is 0.578. The van der Waals surface area contributed by atoms with Crippen molar-refractivity contribution in [3.8, 4) is 11.4 Å². The van der Waals surface area contributed by atoms with Gasteiger partial charge in [0, 0.05) is 44.6 Å². The van der Waals surface area contributed by atoms with Gasteiger partial charge in [0.05, 0.1) is 28.2 Å². The van der Waals surface area contributed by atoms with E-state index in [9.17, 15) is 4.79 Å². The fourth-order valence-electron chi connectivity index (χ4n) is 3.89. The molecule has 0 atom stereocenters. The molecule has 0 saturated heterocycles. The lowest BCUT2D eigenvalue weighted by Crippen LogP contribution is -2.35. The number of pyridine rings is 1. The molecular weight excluding hydrogens is 366 g/mol. The van der Waals surface area contributed by atoms with Crippen LogP contribution in [0.2, 0.25) is 0 Å². The fourth-order valence-corrected chi connectivity index (χ4v) is 3.89. The molecule has 5 rings (SSSR count). The molecule has 0 unspecified atom stereocenters. The third-order valence-corrected chi connectivity index (χ3v) is 5.42. The second-order valence-electron chi connectivity index (χ2n) is 7.51. The Bertz CT molecular complexity index is 1260. The highest BCUT2D eigenvalue weighted by Gasteiger charge is 2.23. The van der Waals surface area contributed by atoms with Crippen LogP contribution < -0.4 is 5.56 Å². The lowest BCUT2D eigenvalue weighted by molar-refractivity contribution is 0.238. The average molecular weight is 387 g/mol. The molecule has 146 valence electrons. The summed E-state index contributed by atoms with van der Waals surface area (Å²) in [4.78, 5) is 35.3. The molecule has 1 N–H and O–H groups in total. The molecule has 29 heavy (non-hydrogen) atoms. The molecular formula is C21H21N7O. The Morgan fingerprint density at radius 1 is 1.14 bits per heavy atom. The van der Waals surface area contributed by atoms with Gasteiger partial charge in [-0.15, -0.1) is 0 Å². The van der Waals surface area contributed by atoms with Crippen molar-refractivity contribution in [1.29, 1.82) is 0 Å². The van der Waals surface area contributed by atoms with Crippen LogP contribution in [0.25, 0.3) is 17.0 Å². The molecule has 1 aliphatic heterocycles. The monoisotopic (exact) mass is 387 g/mol. The summed E-state index contributed by atoms with van der Waals surface area (Å²) in [5.74, 6) is 0.524. The number of hydrogen-bond donors (Lipinski definition) is 1. The van der Waals surface area contributed by atoms with Crippen LogP contribution in [0.4, 0.5) is 0 Å². The van der Waals surface area contributed by atoms with Crippen LogP contribution in [0.3, 0.4) is 0 Å². The summed E-state index contributed by atoms with van der Waals surface area (Å²) in [7, 11) is 0. The zero-order chi connectivity index (χ0) is 20.0. The lowest BCUT2D eigenvalue weighted by Gasteiger charge is -2.27. The predicted octanol–water partition coefficient (Wildman–Crippen LogP) is 2.05. The Kier molecular flexibility index (Phi) is 4.21. The van der Waals surface area contributed by atoms with E-state index in [4.69, 9.17) is 0 Å². The first-order valence-corrected chi connectivity index (χ1v) is 9.62. The van der Waals surface area contributed by atoms with Gasteiger partial charge >= 0.3 is 0 Å². The highest BCUT2D eigenvalue weighted by molar-refractivity contribution is 5.52. The summed E-state index contributed by atoms with van der Waals surface area (Å²) in [6.07, 6.45) is 7.62. The second-order valence-corrected chi connectivity index (χ2v) is 7.51. The van der Waals surface area contributed by atoms with Gasteiger partial charge in [0.1, 0.15) is 17.8 Å². The third kappa shape index (κ3) is 3.21. The molecule has 0 radical (unpaired) electrons. The van der Waals surface area contributed by atoms with E-state index in [1.165, 1.54) is 11.9 Å². The second kappa shape index (κ2) is 6.89. The minimum absolute atomic E-state index is 0.0933. The SMILES string of the molecule is Cc1ccc2nc(C)c(CN3CCc4nc(-c5cncnc5)[nH]c(=O)c4C3)n2c1. The number of imidazole rings is 1. The Morgan fingerprint density at radius 3 is 2.79 bits per heavy atom. The van der Waals surface area contributed by atoms with Gasteiger partial charge in [0.2, 0.25) is 0 Å². The number of fused-ring (bicyclic) bond motifs is 2. The highest BCUT2D eigenvalue weighted by Crippen LogP contribution is 2.21. The van der Waals surface area contributed by atoms with Crippen LogP contribution in [-0.2, 0) is 19.5 Å². The molecule has 5 heterocycles. The number of hydrogen-bond acceptors (Lipinski definition) is 6. The molecule has 0 saturated carbocycles. The van der Waals surface area contributed by atoms with Crippen LogP contribution in [0.5, 0.6) is 0 Å². The summed E-state index contributed by atoms with van der Waals surface area (Å²) >= 11 is 0. The molecule has 0 aromatic carbocycles. The van der Waals surface area contributed by atoms with E-state index in [-0.39, 0.29) is 5.56 Å². The van der Waals surface area contributed by atoms with Crippen molar-refractivity contribution in [1.82, 2.24) is 34.2 Å². The maximum Gasteiger partial charge on any atom is 0.255 e. The van der Waals surface area contributed by atoms with Crippen molar-refractivity contribution in [3.63, 3.8) is 0 Å². The molecule has 4 aromatic heterocycles. The van der Waals surface area contributed by atoms with Gasteiger partial charge in [0.15, 0.2) is 0 Å². The maximum atomic E-state index is 12.7. The van der Waals surface area contributed by atoms with Crippen molar-refractivity contribution in [3.05, 3.63) is 75.6 Å². The minimum atomic E-state index is -0.0933. The van der Waals surface area contributed by atoms with Crippen molar-refractivity contribution in [2.75, 3.05) is 6.54 Å². The fraction of sp³-hybridized carbons (Fsp3) is 0.286. The van der Waals surface area contributed by atoms with Gasteiger partial charge in [-0.2, -0.15) is 0 Å². The standard InChI is InChI=1S/C21H21N7O/c1-13-3-4-19-24-14(2)18(28(19)9-13)11-27-6-5-17-16(10-27)21(29)26-20(25-17)15-7-22-12-23-8-15/h3-4,7-9,12H,5-6,10-11H2,1-2H3,(H,25,26,29). The molecule has 0 amide bonds. The molecule has 8 heteroatoms. The number of nitrogens with zero attached hydrogens (tertiary/aromatic N) is 6. The van der Waals surface area contributed by atoms with Crippen LogP contribution in [0.15, 0.2) is 41.8 Å². The van der Waals surface area contributed by atoms with E-state index in [0.29, 0.717) is 17.9 Å². The van der Waals surface area contributed by atoms with Gasteiger partial charge in [-0.1, -0.05) is 6.07 Å². The first kappa shape index (κ1) is 17.7. The predicted molar refractivity (Wildman–Crippen MR) is 108 cm³/mol. The van der Waals surface area contributed by atoms with Crippen LogP contribution in [-0.4, -0.2) is 40.8 Å². The van der Waals surface area contributed by atoms with E-state index < -0.39 is 0 Å². The molecule has 0 spiro atoms. The van der Waals surface area contributed by atoms with Crippen molar-refractivity contribution < 1.29 is 0 Å². The Morgan fingerprint density at radius 2 is 1.97 bits per heavy atom. The summed E-state index contributed by atoms with van der Waals surface area (Å²) in [6.45, 7) is 6.27. The number of aromatic amines is 1. The zero-order valence-corrected chi connectivity index (χ0v) is 16.4. The van der Waals surface area contributed by atoms with Crippen LogP contribution in [0, 0.1) is 13.8 Å². The number of aromatic nitrogens is 6. The molecule has 1 aliphatic rings. The van der Waals surface area contributed by atoms with E-state index in [0.717, 1.165) is 47.8 Å². The van der Waals surface area contributed by atoms with E-state index in [2.05, 4.69) is 53.4 Å². The van der Waals surface area contributed by atoms with Gasteiger partial charge in [-0.05, 0) is 25.5 Å². The number of aryl methyl sites for hydroxylation is 2. The number of rotatable bonds is 3. The van der Waals surface area contributed by atoms with E-state index >= 15 is 0 Å². The van der Waals surface area contributed by atoms with E-state index in [1.807, 2.05) is 13.0 Å². The lowest BCUT2D eigenvalue weighted by atomic mass is 10.1. The molecule has 0 bridgehead atoms. The van der Waals surface area contributed by atoms with Crippen molar-refractivity contribution in [2.45, 2.75) is 33.4 Å². The highest BCUT2D eigenvalue weighted by atomic mass is 16.1. The molecule has 8 nitrogen and oxygen atoms in total. The van der Waals surface area contributed by atoms with E-state index in [1.54, 1.807) is 12.4 Å². The van der Waals surface area contributed by atoms with Crippen molar-refractivity contribution >= 4 is 5.65 Å². The normalized spacial score (nSPS) is 14.3. The molecule has 0 aliphatic carbocycles. The number of nitrogens with one attached hydrogen (secondary N) is 1. The van der Waals surface area contributed by atoms with Gasteiger partial charge < -0.3 is 9.38 Å². The van der Waals surface area contributed by atoms with Gasteiger partial charge in [0.25, 0.3) is 5.56 Å². The third-order valence-electron chi connectivity index (χ3n) is 5.42. The van der Waals surface area contributed by atoms with Crippen LogP contribution in [0.1, 0.15) is 28.2 Å². The smallest absolute Gasteiger partial charge is 0.255 e. The zero-order valence-electron chi connectivity index (χ0n) is 16.4. The first-order chi connectivity index (χ1) is 14.1. The first-order valence-electron chi connectivity index (χ1n) is 9.62. The summed E-state index contributed by atoms with van der Waals surface area (Å²) in [5.41, 5.74) is 6.54. The average Bonchev–Trinajstić information content (AvgIpc) is 3.03. The Labute approximate surface area is 167 Å². The Hall–Kier alpha value is -3.39. The van der Waals surface area contributed by atoms with Gasteiger partial charge in [-0.3, -0.25) is 9.69 Å². The summed E-state index contributed by atoms with van der Waals surface area (Å²) in [5, 5.41) is 0. The summed E-state index contributed by atoms with van der Waals surface area (Å²) in [6, 6.07) is 4.12. The van der Waals surface area contributed by atoms with Gasteiger partial charge in [-0.25, -0.2) is 19.9 Å². The molecule has 4 aromatic rings. The topological polar surface area (TPSA) is 92.1 Å². The number of H-pyrrole nitrogens is 1. The molecule has 0 fully saturated rings. The minimum Gasteiger partial charge on any atom is -0.306 e.